The van der Waals surface area contributed by atoms with Gasteiger partial charge in [-0.15, -0.1) is 13.2 Å². The molecule has 2 atom stereocenters. The van der Waals surface area contributed by atoms with Gasteiger partial charge in [-0.25, -0.2) is 0 Å². The van der Waals surface area contributed by atoms with Gasteiger partial charge in [0, 0.05) is 13.0 Å². The summed E-state index contributed by atoms with van der Waals surface area (Å²) in [5, 5.41) is 10.3. The third-order valence-corrected chi connectivity index (χ3v) is 3.47. The second-order valence-electron chi connectivity index (χ2n) is 5.01. The molecule has 1 aromatic carbocycles. The third-order valence-electron chi connectivity index (χ3n) is 3.47. The van der Waals surface area contributed by atoms with Crippen molar-refractivity contribution in [2.45, 2.75) is 51.7 Å². The Morgan fingerprint density at radius 2 is 1.71 bits per heavy atom. The van der Waals surface area contributed by atoms with Crippen molar-refractivity contribution in [3.63, 3.8) is 0 Å². The van der Waals surface area contributed by atoms with Crippen LogP contribution in [0.4, 0.5) is 13.2 Å². The summed E-state index contributed by atoms with van der Waals surface area (Å²) in [4.78, 5) is 0. The molecule has 0 radical (unpaired) electrons. The van der Waals surface area contributed by atoms with E-state index in [0.29, 0.717) is 19.4 Å². The smallest absolute Gasteiger partial charge is 0.406 e. The fourth-order valence-electron chi connectivity index (χ4n) is 2.03. The zero-order chi connectivity index (χ0) is 16.1. The molecule has 0 aliphatic heterocycles. The van der Waals surface area contributed by atoms with Crippen LogP contribution >= 0.6 is 0 Å². The topological polar surface area (TPSA) is 38.7 Å². The number of aliphatic hydroxyl groups excluding tert-OH is 1. The van der Waals surface area contributed by atoms with Crippen LogP contribution < -0.4 is 4.74 Å². The van der Waals surface area contributed by atoms with Crippen molar-refractivity contribution in [2.75, 3.05) is 6.61 Å². The monoisotopic (exact) mass is 306 g/mol. The Labute approximate surface area is 122 Å². The van der Waals surface area contributed by atoms with Crippen molar-refractivity contribution in [2.24, 2.45) is 0 Å². The molecule has 6 heteroatoms. The Hall–Kier alpha value is -1.27. The average Bonchev–Trinajstić information content (AvgIpc) is 2.39. The van der Waals surface area contributed by atoms with Crippen LogP contribution in [0.25, 0.3) is 0 Å². The van der Waals surface area contributed by atoms with E-state index < -0.39 is 18.1 Å². The molecule has 0 aliphatic rings. The number of hydrogen-bond donors (Lipinski definition) is 1. The Morgan fingerprint density at radius 3 is 2.14 bits per heavy atom. The minimum Gasteiger partial charge on any atom is -0.406 e. The van der Waals surface area contributed by atoms with Crippen LogP contribution in [0.1, 0.15) is 32.8 Å². The maximum absolute atomic E-state index is 12.1. The molecule has 1 aromatic rings. The van der Waals surface area contributed by atoms with Gasteiger partial charge in [-0.3, -0.25) is 0 Å². The second-order valence-corrected chi connectivity index (χ2v) is 5.01. The first-order valence-corrected chi connectivity index (χ1v) is 6.87. The number of halogens is 3. The minimum absolute atomic E-state index is 0.274. The normalized spacial score (nSPS) is 16.3. The van der Waals surface area contributed by atoms with E-state index in [2.05, 4.69) is 4.74 Å². The van der Waals surface area contributed by atoms with E-state index in [-0.39, 0.29) is 5.75 Å². The zero-order valence-corrected chi connectivity index (χ0v) is 12.4. The van der Waals surface area contributed by atoms with E-state index in [0.717, 1.165) is 5.56 Å². The first kappa shape index (κ1) is 17.8. The fraction of sp³-hybridized carbons (Fsp3) is 0.600. The molecule has 0 amide bonds. The van der Waals surface area contributed by atoms with Crippen LogP contribution in [0.2, 0.25) is 0 Å². The number of aliphatic hydroxyl groups is 1. The molecule has 0 spiro atoms. The summed E-state index contributed by atoms with van der Waals surface area (Å²) in [7, 11) is 0. The van der Waals surface area contributed by atoms with E-state index in [9.17, 15) is 18.3 Å². The van der Waals surface area contributed by atoms with Gasteiger partial charge in [0.2, 0.25) is 0 Å². The molecule has 1 N–H and O–H groups in total. The molecule has 0 fully saturated rings. The molecule has 0 heterocycles. The van der Waals surface area contributed by atoms with Crippen molar-refractivity contribution in [1.29, 1.82) is 0 Å². The predicted molar refractivity (Wildman–Crippen MR) is 73.2 cm³/mol. The molecule has 2 unspecified atom stereocenters. The lowest BCUT2D eigenvalue weighted by molar-refractivity contribution is -0.274. The van der Waals surface area contributed by atoms with Crippen LogP contribution in [-0.2, 0) is 11.2 Å². The second kappa shape index (κ2) is 7.13. The van der Waals surface area contributed by atoms with Gasteiger partial charge in [0.15, 0.2) is 0 Å². The molecule has 0 bridgehead atoms. The van der Waals surface area contributed by atoms with Crippen LogP contribution in [0.3, 0.4) is 0 Å². The van der Waals surface area contributed by atoms with Gasteiger partial charge in [0.1, 0.15) is 5.75 Å². The molecule has 120 valence electrons. The highest BCUT2D eigenvalue weighted by atomic mass is 19.4. The fourth-order valence-corrected chi connectivity index (χ4v) is 2.03. The number of rotatable bonds is 7. The largest absolute Gasteiger partial charge is 0.573 e. The number of alkyl halides is 3. The van der Waals surface area contributed by atoms with Crippen LogP contribution in [-0.4, -0.2) is 29.8 Å². The predicted octanol–water partition coefficient (Wildman–Crippen LogP) is 3.69. The van der Waals surface area contributed by atoms with E-state index >= 15 is 0 Å². The van der Waals surface area contributed by atoms with Gasteiger partial charge in [-0.05, 0) is 38.0 Å². The first-order chi connectivity index (χ1) is 9.70. The quantitative estimate of drug-likeness (QED) is 0.835. The van der Waals surface area contributed by atoms with Crippen LogP contribution in [0, 0.1) is 0 Å². The van der Waals surface area contributed by atoms with Crippen LogP contribution in [0.5, 0.6) is 5.75 Å². The molecule has 0 saturated carbocycles. The first-order valence-electron chi connectivity index (χ1n) is 6.87. The van der Waals surface area contributed by atoms with Gasteiger partial charge in [-0.2, -0.15) is 0 Å². The maximum Gasteiger partial charge on any atom is 0.573 e. The van der Waals surface area contributed by atoms with Crippen LogP contribution in [0.15, 0.2) is 24.3 Å². The van der Waals surface area contributed by atoms with Gasteiger partial charge in [0.05, 0.1) is 11.7 Å². The SMILES string of the molecule is CCOC(C)(CC)C(O)Cc1ccc(OC(F)(F)F)cc1. The standard InChI is InChI=1S/C15H21F3O3/c1-4-14(3,20-5-2)13(19)10-11-6-8-12(9-7-11)21-15(16,17)18/h6-9,13,19H,4-5,10H2,1-3H3. The highest BCUT2D eigenvalue weighted by Gasteiger charge is 2.32. The molecular weight excluding hydrogens is 285 g/mol. The van der Waals surface area contributed by atoms with E-state index in [4.69, 9.17) is 4.74 Å². The van der Waals surface area contributed by atoms with Gasteiger partial charge in [0.25, 0.3) is 0 Å². The van der Waals surface area contributed by atoms with Crippen molar-refractivity contribution in [3.8, 4) is 5.75 Å². The lowest BCUT2D eigenvalue weighted by atomic mass is 9.90. The molecule has 1 rings (SSSR count). The minimum atomic E-state index is -4.70. The van der Waals surface area contributed by atoms with E-state index in [1.54, 1.807) is 0 Å². The van der Waals surface area contributed by atoms with Gasteiger partial charge in [-0.1, -0.05) is 19.1 Å². The zero-order valence-electron chi connectivity index (χ0n) is 12.4. The van der Waals surface area contributed by atoms with Gasteiger partial charge < -0.3 is 14.6 Å². The number of ether oxygens (including phenoxy) is 2. The molecular formula is C15H21F3O3. The average molecular weight is 306 g/mol. The lowest BCUT2D eigenvalue weighted by Gasteiger charge is -2.33. The van der Waals surface area contributed by atoms with E-state index in [1.807, 2.05) is 20.8 Å². The Balaban J connectivity index is 2.71. The van der Waals surface area contributed by atoms with Crippen molar-refractivity contribution in [3.05, 3.63) is 29.8 Å². The summed E-state index contributed by atoms with van der Waals surface area (Å²) in [6.07, 6.45) is -4.50. The Kier molecular flexibility index (Phi) is 6.04. The molecule has 0 aliphatic carbocycles. The van der Waals surface area contributed by atoms with Crippen molar-refractivity contribution >= 4 is 0 Å². The molecule has 21 heavy (non-hydrogen) atoms. The van der Waals surface area contributed by atoms with Gasteiger partial charge >= 0.3 is 6.36 Å². The summed E-state index contributed by atoms with van der Waals surface area (Å²) < 4.78 is 45.6. The number of hydrogen-bond acceptors (Lipinski definition) is 3. The molecule has 0 aromatic heterocycles. The summed E-state index contributed by atoms with van der Waals surface area (Å²) in [5.41, 5.74) is 0.0481. The highest BCUT2D eigenvalue weighted by Crippen LogP contribution is 2.26. The maximum atomic E-state index is 12.1. The Bertz CT molecular complexity index is 431. The number of benzene rings is 1. The molecule has 0 saturated heterocycles. The highest BCUT2D eigenvalue weighted by molar-refractivity contribution is 5.28. The molecule has 3 nitrogen and oxygen atoms in total. The lowest BCUT2D eigenvalue weighted by Crippen LogP contribution is -2.42. The van der Waals surface area contributed by atoms with Crippen molar-refractivity contribution in [1.82, 2.24) is 0 Å². The van der Waals surface area contributed by atoms with Crippen molar-refractivity contribution < 1.29 is 27.8 Å². The summed E-state index contributed by atoms with van der Waals surface area (Å²) >= 11 is 0. The summed E-state index contributed by atoms with van der Waals surface area (Å²) in [6, 6.07) is 5.48. The summed E-state index contributed by atoms with van der Waals surface area (Å²) in [5.74, 6) is -0.274. The van der Waals surface area contributed by atoms with E-state index in [1.165, 1.54) is 24.3 Å². The Morgan fingerprint density at radius 1 is 1.14 bits per heavy atom. The summed E-state index contributed by atoms with van der Waals surface area (Å²) in [6.45, 7) is 6.07. The third kappa shape index (κ3) is 5.55.